The third-order valence-electron chi connectivity index (χ3n) is 10.8. The van der Waals surface area contributed by atoms with Gasteiger partial charge in [-0.1, -0.05) is 133 Å². The normalized spacial score (nSPS) is 22.8. The minimum atomic E-state index is 0.182. The van der Waals surface area contributed by atoms with Crippen LogP contribution < -0.4 is 28.3 Å². The molecule has 1 saturated heterocycles. The van der Waals surface area contributed by atoms with Crippen LogP contribution in [-0.4, -0.2) is 38.2 Å². The molecule has 5 atom stereocenters. The number of nitrogens with two attached hydrogens (primary N) is 4. The summed E-state index contributed by atoms with van der Waals surface area (Å²) in [5.41, 5.74) is 23.4. The van der Waals surface area contributed by atoms with E-state index >= 15 is 0 Å². The second kappa shape index (κ2) is 30.1. The Bertz CT molecular complexity index is 784. The number of guanidine groups is 1. The van der Waals surface area contributed by atoms with E-state index in [1.54, 1.807) is 0 Å². The van der Waals surface area contributed by atoms with Crippen molar-refractivity contribution < 1.29 is 0 Å². The van der Waals surface area contributed by atoms with Crippen LogP contribution in [0.15, 0.2) is 43.6 Å². The number of rotatable bonds is 17. The molecule has 2 bridgehead atoms. The molecule has 0 radical (unpaired) electrons. The van der Waals surface area contributed by atoms with Gasteiger partial charge in [0, 0.05) is 24.7 Å². The van der Waals surface area contributed by atoms with E-state index in [0.29, 0.717) is 23.3 Å². The van der Waals surface area contributed by atoms with Gasteiger partial charge in [0.2, 0.25) is 0 Å². The molecule has 7 heteroatoms. The summed E-state index contributed by atoms with van der Waals surface area (Å²) in [4.78, 5) is 3.72. The van der Waals surface area contributed by atoms with E-state index in [1.807, 2.05) is 20.8 Å². The van der Waals surface area contributed by atoms with Gasteiger partial charge >= 0.3 is 0 Å². The van der Waals surface area contributed by atoms with Gasteiger partial charge in [0.15, 0.2) is 12.7 Å². The fourth-order valence-electron chi connectivity index (χ4n) is 8.32. The molecule has 0 amide bonds. The van der Waals surface area contributed by atoms with Crippen molar-refractivity contribution in [3.63, 3.8) is 0 Å². The Morgan fingerprint density at radius 3 is 1.75 bits per heavy atom. The first-order valence-corrected chi connectivity index (χ1v) is 19.8. The van der Waals surface area contributed by atoms with Crippen LogP contribution in [0.1, 0.15) is 146 Å². The van der Waals surface area contributed by atoms with Gasteiger partial charge in [-0.25, -0.2) is 0 Å². The second-order valence-electron chi connectivity index (χ2n) is 15.1. The maximum absolute atomic E-state index is 5.79. The molecular formula is C41H87BN6. The Labute approximate surface area is 302 Å². The fourth-order valence-corrected chi connectivity index (χ4v) is 8.32. The van der Waals surface area contributed by atoms with Gasteiger partial charge in [-0.15, -0.1) is 26.3 Å². The van der Waals surface area contributed by atoms with E-state index in [1.165, 1.54) is 89.7 Å². The zero-order valence-corrected chi connectivity index (χ0v) is 34.0. The highest BCUT2D eigenvalue weighted by molar-refractivity contribution is 6.61. The fraction of sp³-hybridized carbons (Fsp3) is 0.829. The maximum atomic E-state index is 5.79. The molecule has 0 spiro atoms. The van der Waals surface area contributed by atoms with Crippen molar-refractivity contribution in [1.82, 2.24) is 5.32 Å². The zero-order chi connectivity index (χ0) is 37.8. The predicted octanol–water partition coefficient (Wildman–Crippen LogP) is 9.98. The summed E-state index contributed by atoms with van der Waals surface area (Å²) in [6, 6.07) is 0. The molecular weight excluding hydrogens is 587 g/mol. The molecule has 1 heterocycles. The van der Waals surface area contributed by atoms with E-state index in [-0.39, 0.29) is 5.96 Å². The van der Waals surface area contributed by atoms with Crippen LogP contribution in [0.3, 0.4) is 0 Å². The first kappa shape index (κ1) is 50.7. The lowest BCUT2D eigenvalue weighted by molar-refractivity contribution is -0.165. The Morgan fingerprint density at radius 2 is 1.35 bits per heavy atom. The summed E-state index contributed by atoms with van der Waals surface area (Å²) < 4.78 is 0. The van der Waals surface area contributed by atoms with Gasteiger partial charge < -0.3 is 28.3 Å². The van der Waals surface area contributed by atoms with Gasteiger partial charge in [-0.05, 0) is 73.2 Å². The molecule has 48 heavy (non-hydrogen) atoms. The quantitative estimate of drug-likeness (QED) is 0.0345. The first-order valence-electron chi connectivity index (χ1n) is 19.8. The molecule has 0 aromatic carbocycles. The summed E-state index contributed by atoms with van der Waals surface area (Å²) in [5.74, 6) is 4.35. The Balaban J connectivity index is -0.000000683. The summed E-state index contributed by atoms with van der Waals surface area (Å²) >= 11 is 0. The minimum Gasteiger partial charge on any atom is -0.392 e. The average molecular weight is 675 g/mol. The summed E-state index contributed by atoms with van der Waals surface area (Å²) in [5, 5.41) is 3.70. The molecule has 4 rings (SSSR count). The van der Waals surface area contributed by atoms with Gasteiger partial charge in [0.1, 0.15) is 0 Å². The van der Waals surface area contributed by atoms with E-state index in [0.717, 1.165) is 55.6 Å². The third kappa shape index (κ3) is 18.9. The van der Waals surface area contributed by atoms with Crippen molar-refractivity contribution in [2.24, 2.45) is 62.4 Å². The van der Waals surface area contributed by atoms with Crippen LogP contribution in [0.25, 0.3) is 0 Å². The van der Waals surface area contributed by atoms with Crippen molar-refractivity contribution in [2.45, 2.75) is 164 Å². The molecule has 6 nitrogen and oxygen atoms in total. The van der Waals surface area contributed by atoms with E-state index in [2.05, 4.69) is 84.7 Å². The number of nitrogens with one attached hydrogen (secondary N) is 1. The standard InChI is InChI=1S/C20H37BN2.C11H25N.C4H11N3.C2H6.2C2H4/c1-13(2)7-18(23-14(3)11-22)21-10-16-8-15-9-17(19(15,4)5)20(16,6)12-21;1-2-3-4-5-6-7-8-9-10-11-12;1-2-3-7-4(5)6;3*1-2/h13,15-18,23H,3,7-12,22H2,1-2,4-6H3;2-12H2,1H3;2-3H2,1H3,(H4,5,6,7);1-2H3;2*1-2H2/t15?,16?,17?,18?,20-;;;;;/m1...../s1. The van der Waals surface area contributed by atoms with Crippen molar-refractivity contribution in [2.75, 3.05) is 19.6 Å². The van der Waals surface area contributed by atoms with Crippen LogP contribution in [0.2, 0.25) is 12.6 Å². The van der Waals surface area contributed by atoms with Crippen molar-refractivity contribution in [1.29, 1.82) is 0 Å². The van der Waals surface area contributed by atoms with Crippen LogP contribution >= 0.6 is 0 Å². The predicted molar refractivity (Wildman–Crippen MR) is 223 cm³/mol. The lowest BCUT2D eigenvalue weighted by atomic mass is 9.37. The summed E-state index contributed by atoms with van der Waals surface area (Å²) in [7, 11) is 0. The van der Waals surface area contributed by atoms with Crippen molar-refractivity contribution in [3.05, 3.63) is 38.6 Å². The molecule has 4 aliphatic rings. The third-order valence-corrected chi connectivity index (χ3v) is 10.8. The molecule has 4 fully saturated rings. The van der Waals surface area contributed by atoms with Gasteiger partial charge in [-0.2, -0.15) is 0 Å². The lowest BCUT2D eigenvalue weighted by Crippen LogP contribution is -2.58. The van der Waals surface area contributed by atoms with Crippen LogP contribution in [-0.2, 0) is 0 Å². The lowest BCUT2D eigenvalue weighted by Gasteiger charge is -2.66. The van der Waals surface area contributed by atoms with Gasteiger partial charge in [0.05, 0.1) is 0 Å². The Kier molecular flexibility index (Phi) is 31.8. The smallest absolute Gasteiger partial charge is 0.185 e. The highest BCUT2D eigenvalue weighted by atomic mass is 15.0. The van der Waals surface area contributed by atoms with E-state index in [4.69, 9.17) is 22.9 Å². The van der Waals surface area contributed by atoms with Crippen molar-refractivity contribution >= 4 is 12.7 Å². The number of hydrogen-bond donors (Lipinski definition) is 5. The maximum Gasteiger partial charge on any atom is 0.185 e. The first-order chi connectivity index (χ1) is 22.9. The highest BCUT2D eigenvalue weighted by Gasteiger charge is 2.65. The number of nitrogens with zero attached hydrogens (tertiary/aromatic N) is 1. The second-order valence-corrected chi connectivity index (χ2v) is 15.1. The average Bonchev–Trinajstić information content (AvgIpc) is 3.45. The summed E-state index contributed by atoms with van der Waals surface area (Å²) in [6.45, 7) is 39.7. The molecule has 0 aromatic rings. The molecule has 0 aromatic heterocycles. The molecule has 284 valence electrons. The number of aliphatic imine (C=N–C) groups is 1. The SMILES string of the molecule is C=C.C=C.C=C(CN)NC(CC(C)C)B1CC2CC3CC(C3(C)C)[C@]2(C)C1.CC.CCCCCCCCCCCN.CCCN=C(N)N. The monoisotopic (exact) mass is 675 g/mol. The van der Waals surface area contributed by atoms with Gasteiger partial charge in [0.25, 0.3) is 0 Å². The molecule has 3 aliphatic carbocycles. The highest BCUT2D eigenvalue weighted by Crippen LogP contribution is 2.72. The molecule has 4 unspecified atom stereocenters. The van der Waals surface area contributed by atoms with Gasteiger partial charge in [-0.3, -0.25) is 4.99 Å². The zero-order valence-electron chi connectivity index (χ0n) is 34.0. The molecule has 1 aliphatic heterocycles. The Hall–Kier alpha value is -1.73. The molecule has 9 N–H and O–H groups in total. The summed E-state index contributed by atoms with van der Waals surface area (Å²) in [6.07, 6.45) is 20.5. The molecule has 3 saturated carbocycles. The van der Waals surface area contributed by atoms with E-state index < -0.39 is 0 Å². The minimum absolute atomic E-state index is 0.182. The number of hydrogen-bond acceptors (Lipinski definition) is 4. The largest absolute Gasteiger partial charge is 0.392 e. The number of unbranched alkanes of at least 4 members (excludes halogenated alkanes) is 8. The van der Waals surface area contributed by atoms with Crippen LogP contribution in [0.5, 0.6) is 0 Å². The van der Waals surface area contributed by atoms with E-state index in [9.17, 15) is 0 Å². The van der Waals surface area contributed by atoms with Crippen molar-refractivity contribution in [3.8, 4) is 0 Å². The van der Waals surface area contributed by atoms with Crippen LogP contribution in [0, 0.1) is 34.5 Å². The topological polar surface area (TPSA) is 128 Å². The van der Waals surface area contributed by atoms with Crippen LogP contribution in [0.4, 0.5) is 0 Å². The Morgan fingerprint density at radius 1 is 0.833 bits per heavy atom.